The zero-order chi connectivity index (χ0) is 11.6. The van der Waals surface area contributed by atoms with Gasteiger partial charge in [0.15, 0.2) is 5.75 Å². The third-order valence-electron chi connectivity index (χ3n) is 1.72. The minimum Gasteiger partial charge on any atom is -0.400 e. The van der Waals surface area contributed by atoms with Crippen LogP contribution in [0.2, 0.25) is 0 Å². The molecule has 0 radical (unpaired) electrons. The second kappa shape index (κ2) is 3.96. The molecular weight excluding hydrogens is 211 g/mol. The minimum atomic E-state index is -4.84. The molecule has 15 heavy (non-hydrogen) atoms. The summed E-state index contributed by atoms with van der Waals surface area (Å²) < 4.78 is 40.4. The lowest BCUT2D eigenvalue weighted by Gasteiger charge is -2.12. The Hall–Kier alpha value is -1.46. The van der Waals surface area contributed by atoms with Gasteiger partial charge in [-0.05, 0) is 26.0 Å². The molecule has 0 aliphatic heterocycles. The Morgan fingerprint density at radius 2 is 2.00 bits per heavy atom. The number of alkyl halides is 3. The van der Waals surface area contributed by atoms with Crippen molar-refractivity contribution in [3.8, 4) is 5.75 Å². The van der Waals surface area contributed by atoms with E-state index in [2.05, 4.69) is 4.74 Å². The summed E-state index contributed by atoms with van der Waals surface area (Å²) in [4.78, 5) is 11.4. The van der Waals surface area contributed by atoms with Crippen molar-refractivity contribution in [3.63, 3.8) is 0 Å². The van der Waals surface area contributed by atoms with Crippen LogP contribution in [0.1, 0.15) is 19.9 Å². The second-order valence-electron chi connectivity index (χ2n) is 3.23. The second-order valence-corrected chi connectivity index (χ2v) is 3.23. The molecule has 6 heteroatoms. The zero-order valence-corrected chi connectivity index (χ0v) is 8.21. The zero-order valence-electron chi connectivity index (χ0n) is 8.21. The molecule has 0 saturated heterocycles. The van der Waals surface area contributed by atoms with Gasteiger partial charge in [-0.15, -0.1) is 13.2 Å². The molecule has 0 N–H and O–H groups in total. The first-order chi connectivity index (χ1) is 6.81. The van der Waals surface area contributed by atoms with E-state index in [-0.39, 0.29) is 6.04 Å². The fourth-order valence-electron chi connectivity index (χ4n) is 1.10. The number of aromatic nitrogens is 1. The SMILES string of the molecule is CC(C)n1cccc(OC(F)(F)F)c1=O. The van der Waals surface area contributed by atoms with Crippen molar-refractivity contribution < 1.29 is 17.9 Å². The van der Waals surface area contributed by atoms with Crippen molar-refractivity contribution in [2.24, 2.45) is 0 Å². The summed E-state index contributed by atoms with van der Waals surface area (Å²) in [5.41, 5.74) is -0.787. The van der Waals surface area contributed by atoms with Crippen molar-refractivity contribution in [1.29, 1.82) is 0 Å². The van der Waals surface area contributed by atoms with Gasteiger partial charge in [0.05, 0.1) is 0 Å². The van der Waals surface area contributed by atoms with E-state index >= 15 is 0 Å². The lowest BCUT2D eigenvalue weighted by atomic mass is 10.3. The van der Waals surface area contributed by atoms with Gasteiger partial charge in [-0.3, -0.25) is 4.79 Å². The van der Waals surface area contributed by atoms with Crippen LogP contribution in [-0.4, -0.2) is 10.9 Å². The highest BCUT2D eigenvalue weighted by atomic mass is 19.4. The quantitative estimate of drug-likeness (QED) is 0.767. The van der Waals surface area contributed by atoms with Gasteiger partial charge >= 0.3 is 6.36 Å². The van der Waals surface area contributed by atoms with Crippen molar-refractivity contribution in [3.05, 3.63) is 28.7 Å². The molecule has 1 rings (SSSR count). The fraction of sp³-hybridized carbons (Fsp3) is 0.444. The van der Waals surface area contributed by atoms with Crippen LogP contribution in [0.3, 0.4) is 0 Å². The number of nitrogens with zero attached hydrogens (tertiary/aromatic N) is 1. The molecule has 1 heterocycles. The molecule has 1 aromatic rings. The summed E-state index contributed by atoms with van der Waals surface area (Å²) >= 11 is 0. The lowest BCUT2D eigenvalue weighted by molar-refractivity contribution is -0.275. The van der Waals surface area contributed by atoms with Crippen molar-refractivity contribution in [2.45, 2.75) is 26.3 Å². The van der Waals surface area contributed by atoms with Crippen LogP contribution in [0, 0.1) is 0 Å². The monoisotopic (exact) mass is 221 g/mol. The molecular formula is C9H10F3NO2. The Morgan fingerprint density at radius 1 is 1.40 bits per heavy atom. The predicted octanol–water partition coefficient (Wildman–Crippen LogP) is 2.33. The van der Waals surface area contributed by atoms with Crippen LogP contribution in [-0.2, 0) is 0 Å². The molecule has 0 amide bonds. The highest BCUT2D eigenvalue weighted by molar-refractivity contribution is 5.17. The normalized spacial score (nSPS) is 11.9. The standard InChI is InChI=1S/C9H10F3NO2/c1-6(2)13-5-3-4-7(8(13)14)15-9(10,11)12/h3-6H,1-2H3. The molecule has 84 valence electrons. The topological polar surface area (TPSA) is 31.2 Å². The summed E-state index contributed by atoms with van der Waals surface area (Å²) in [6, 6.07) is 2.12. The van der Waals surface area contributed by atoms with Crippen molar-refractivity contribution in [1.82, 2.24) is 4.57 Å². The van der Waals surface area contributed by atoms with Crippen LogP contribution in [0.15, 0.2) is 23.1 Å². The maximum atomic E-state index is 11.9. The van der Waals surface area contributed by atoms with E-state index in [0.29, 0.717) is 0 Å². The van der Waals surface area contributed by atoms with Crippen molar-refractivity contribution >= 4 is 0 Å². The van der Waals surface area contributed by atoms with E-state index in [9.17, 15) is 18.0 Å². The third kappa shape index (κ3) is 3.00. The number of ether oxygens (including phenoxy) is 1. The highest BCUT2D eigenvalue weighted by Crippen LogP contribution is 2.19. The van der Waals surface area contributed by atoms with E-state index in [1.807, 2.05) is 0 Å². The Balaban J connectivity index is 3.11. The molecule has 3 nitrogen and oxygen atoms in total. The van der Waals surface area contributed by atoms with Crippen LogP contribution in [0.25, 0.3) is 0 Å². The smallest absolute Gasteiger partial charge is 0.400 e. The Kier molecular flexibility index (Phi) is 3.06. The van der Waals surface area contributed by atoms with Crippen LogP contribution >= 0.6 is 0 Å². The number of rotatable bonds is 2. The highest BCUT2D eigenvalue weighted by Gasteiger charge is 2.32. The summed E-state index contributed by atoms with van der Waals surface area (Å²) in [6.45, 7) is 3.39. The van der Waals surface area contributed by atoms with E-state index in [4.69, 9.17) is 0 Å². The molecule has 0 aliphatic carbocycles. The summed E-state index contributed by atoms with van der Waals surface area (Å²) in [5.74, 6) is -0.710. The number of hydrogen-bond donors (Lipinski definition) is 0. The summed E-state index contributed by atoms with van der Waals surface area (Å²) in [6.07, 6.45) is -3.43. The number of halogens is 3. The molecule has 0 saturated carbocycles. The average molecular weight is 221 g/mol. The lowest BCUT2D eigenvalue weighted by Crippen LogP contribution is -2.27. The summed E-state index contributed by atoms with van der Waals surface area (Å²) in [5, 5.41) is 0. The molecule has 0 aliphatic rings. The average Bonchev–Trinajstić information content (AvgIpc) is 2.05. The third-order valence-corrected chi connectivity index (χ3v) is 1.72. The summed E-state index contributed by atoms with van der Waals surface area (Å²) in [7, 11) is 0. The number of hydrogen-bond acceptors (Lipinski definition) is 2. The van der Waals surface area contributed by atoms with Gasteiger partial charge in [0.1, 0.15) is 0 Å². The predicted molar refractivity (Wildman–Crippen MR) is 47.8 cm³/mol. The Labute approximate surface area is 84.1 Å². The van der Waals surface area contributed by atoms with Gasteiger partial charge < -0.3 is 9.30 Å². The van der Waals surface area contributed by atoms with Crippen LogP contribution < -0.4 is 10.3 Å². The Morgan fingerprint density at radius 3 is 2.47 bits per heavy atom. The van der Waals surface area contributed by atoms with Crippen LogP contribution in [0.5, 0.6) is 5.75 Å². The minimum absolute atomic E-state index is 0.214. The van der Waals surface area contributed by atoms with E-state index in [1.54, 1.807) is 13.8 Å². The van der Waals surface area contributed by atoms with Gasteiger partial charge in [0.2, 0.25) is 0 Å². The van der Waals surface area contributed by atoms with E-state index < -0.39 is 17.7 Å². The molecule has 0 spiro atoms. The molecule has 0 atom stereocenters. The molecule has 0 bridgehead atoms. The molecule has 0 unspecified atom stereocenters. The largest absolute Gasteiger partial charge is 0.573 e. The van der Waals surface area contributed by atoms with Crippen molar-refractivity contribution in [2.75, 3.05) is 0 Å². The number of pyridine rings is 1. The van der Waals surface area contributed by atoms with E-state index in [1.165, 1.54) is 16.8 Å². The van der Waals surface area contributed by atoms with Gasteiger partial charge in [0.25, 0.3) is 5.56 Å². The molecule has 0 aromatic carbocycles. The maximum Gasteiger partial charge on any atom is 0.573 e. The first-order valence-corrected chi connectivity index (χ1v) is 4.28. The van der Waals surface area contributed by atoms with Gasteiger partial charge in [-0.1, -0.05) is 0 Å². The van der Waals surface area contributed by atoms with Gasteiger partial charge in [0, 0.05) is 12.2 Å². The maximum absolute atomic E-state index is 11.9. The first-order valence-electron chi connectivity index (χ1n) is 4.28. The van der Waals surface area contributed by atoms with E-state index in [0.717, 1.165) is 6.07 Å². The van der Waals surface area contributed by atoms with Gasteiger partial charge in [-0.25, -0.2) is 0 Å². The first kappa shape index (κ1) is 11.6. The molecule has 0 fully saturated rings. The van der Waals surface area contributed by atoms with Gasteiger partial charge in [-0.2, -0.15) is 0 Å². The Bertz CT molecular complexity index is 395. The van der Waals surface area contributed by atoms with Crippen LogP contribution in [0.4, 0.5) is 13.2 Å². The fourth-order valence-corrected chi connectivity index (χ4v) is 1.10. The molecule has 1 aromatic heterocycles.